The summed E-state index contributed by atoms with van der Waals surface area (Å²) in [4.78, 5) is 3.97. The number of aryl methyl sites for hydroxylation is 1. The van der Waals surface area contributed by atoms with Crippen LogP contribution in [-0.2, 0) is 6.42 Å². The van der Waals surface area contributed by atoms with Gasteiger partial charge < -0.3 is 10.8 Å². The predicted octanol–water partition coefficient (Wildman–Crippen LogP) is 0.979. The van der Waals surface area contributed by atoms with Gasteiger partial charge in [-0.1, -0.05) is 6.07 Å². The molecule has 0 aliphatic heterocycles. The Hall–Kier alpha value is -1.09. The molecule has 0 aliphatic rings. The number of hydrogen-bond acceptors (Lipinski definition) is 3. The molecule has 0 atom stereocenters. The first-order valence-corrected chi connectivity index (χ1v) is 4.15. The van der Waals surface area contributed by atoms with Crippen molar-refractivity contribution in [3.63, 3.8) is 0 Å². The minimum atomic E-state index is 0.250. The third kappa shape index (κ3) is 2.51. The molecule has 3 N–H and O–H groups in total. The standard InChI is InChI=1S/C9H14N2O/c10-9-8(4-1-2-7-12)5-3-6-11-9/h3,5-6,12H,1-2,4,7H2,(H2,10,11). The highest BCUT2D eigenvalue weighted by Gasteiger charge is 1.97. The Morgan fingerprint density at radius 3 is 2.92 bits per heavy atom. The molecular formula is C9H14N2O. The summed E-state index contributed by atoms with van der Waals surface area (Å²) < 4.78 is 0. The summed E-state index contributed by atoms with van der Waals surface area (Å²) in [5, 5.41) is 8.57. The maximum atomic E-state index is 8.57. The van der Waals surface area contributed by atoms with E-state index in [-0.39, 0.29) is 6.61 Å². The fraction of sp³-hybridized carbons (Fsp3) is 0.444. The van der Waals surface area contributed by atoms with Gasteiger partial charge in [-0.25, -0.2) is 4.98 Å². The molecule has 1 rings (SSSR count). The van der Waals surface area contributed by atoms with Crippen molar-refractivity contribution in [2.75, 3.05) is 12.3 Å². The van der Waals surface area contributed by atoms with E-state index < -0.39 is 0 Å². The van der Waals surface area contributed by atoms with Crippen LogP contribution in [-0.4, -0.2) is 16.7 Å². The largest absolute Gasteiger partial charge is 0.396 e. The normalized spacial score (nSPS) is 10.1. The first kappa shape index (κ1) is 9.00. The number of aromatic nitrogens is 1. The fourth-order valence-electron chi connectivity index (χ4n) is 1.09. The van der Waals surface area contributed by atoms with Crippen LogP contribution in [0.5, 0.6) is 0 Å². The van der Waals surface area contributed by atoms with Gasteiger partial charge in [0, 0.05) is 12.8 Å². The minimum Gasteiger partial charge on any atom is -0.396 e. The number of nitrogens with two attached hydrogens (primary N) is 1. The van der Waals surface area contributed by atoms with Gasteiger partial charge in [-0.15, -0.1) is 0 Å². The number of anilines is 1. The molecule has 12 heavy (non-hydrogen) atoms. The summed E-state index contributed by atoms with van der Waals surface area (Å²) in [6.45, 7) is 0.250. The number of hydrogen-bond donors (Lipinski definition) is 2. The molecule has 0 unspecified atom stereocenters. The lowest BCUT2D eigenvalue weighted by Gasteiger charge is -2.02. The van der Waals surface area contributed by atoms with Gasteiger partial charge in [0.25, 0.3) is 0 Å². The number of aliphatic hydroxyl groups is 1. The second kappa shape index (κ2) is 4.72. The SMILES string of the molecule is Nc1ncccc1CCCCO. The number of nitrogens with zero attached hydrogens (tertiary/aromatic N) is 1. The van der Waals surface area contributed by atoms with E-state index in [1.807, 2.05) is 12.1 Å². The van der Waals surface area contributed by atoms with Crippen molar-refractivity contribution in [2.24, 2.45) is 0 Å². The average Bonchev–Trinajstić information content (AvgIpc) is 2.09. The highest BCUT2D eigenvalue weighted by Crippen LogP contribution is 2.10. The molecule has 0 aliphatic carbocycles. The molecule has 3 nitrogen and oxygen atoms in total. The Labute approximate surface area is 72.2 Å². The molecule has 1 heterocycles. The van der Waals surface area contributed by atoms with E-state index >= 15 is 0 Å². The quantitative estimate of drug-likeness (QED) is 0.655. The summed E-state index contributed by atoms with van der Waals surface area (Å²) in [6, 6.07) is 3.85. The molecule has 1 aromatic rings. The second-order valence-electron chi connectivity index (χ2n) is 2.73. The monoisotopic (exact) mass is 166 g/mol. The van der Waals surface area contributed by atoms with E-state index in [1.54, 1.807) is 6.20 Å². The van der Waals surface area contributed by atoms with Gasteiger partial charge in [0.1, 0.15) is 5.82 Å². The fourth-order valence-corrected chi connectivity index (χ4v) is 1.09. The molecule has 0 amide bonds. The number of aliphatic hydroxyl groups excluding tert-OH is 1. The Bertz CT molecular complexity index is 238. The van der Waals surface area contributed by atoms with E-state index in [0.29, 0.717) is 5.82 Å². The first-order valence-electron chi connectivity index (χ1n) is 4.15. The van der Waals surface area contributed by atoms with Gasteiger partial charge in [0.05, 0.1) is 0 Å². The molecule has 0 fully saturated rings. The molecule has 3 heteroatoms. The average molecular weight is 166 g/mol. The zero-order chi connectivity index (χ0) is 8.81. The molecule has 0 radical (unpaired) electrons. The van der Waals surface area contributed by atoms with E-state index in [2.05, 4.69) is 4.98 Å². The molecule has 1 aromatic heterocycles. The minimum absolute atomic E-state index is 0.250. The number of rotatable bonds is 4. The lowest BCUT2D eigenvalue weighted by atomic mass is 10.1. The highest BCUT2D eigenvalue weighted by atomic mass is 16.2. The number of unbranched alkanes of at least 4 members (excludes halogenated alkanes) is 1. The third-order valence-corrected chi connectivity index (χ3v) is 1.78. The zero-order valence-electron chi connectivity index (χ0n) is 7.03. The maximum Gasteiger partial charge on any atom is 0.126 e. The lowest BCUT2D eigenvalue weighted by molar-refractivity contribution is 0.284. The molecule has 0 saturated heterocycles. The number of nitrogen functional groups attached to an aromatic ring is 1. The summed E-state index contributed by atoms with van der Waals surface area (Å²) in [6.07, 6.45) is 4.38. The van der Waals surface area contributed by atoms with Crippen LogP contribution < -0.4 is 5.73 Å². The van der Waals surface area contributed by atoms with Crippen molar-refractivity contribution in [1.82, 2.24) is 4.98 Å². The summed E-state index contributed by atoms with van der Waals surface area (Å²) in [5.74, 6) is 0.607. The van der Waals surface area contributed by atoms with Crippen LogP contribution in [0.2, 0.25) is 0 Å². The maximum absolute atomic E-state index is 8.57. The highest BCUT2D eigenvalue weighted by molar-refractivity contribution is 5.38. The Kier molecular flexibility index (Phi) is 3.54. The van der Waals surface area contributed by atoms with Crippen molar-refractivity contribution in [3.8, 4) is 0 Å². The molecule has 0 aromatic carbocycles. The summed E-state index contributed by atoms with van der Waals surface area (Å²) in [7, 11) is 0. The van der Waals surface area contributed by atoms with E-state index in [9.17, 15) is 0 Å². The summed E-state index contributed by atoms with van der Waals surface area (Å²) >= 11 is 0. The van der Waals surface area contributed by atoms with Gasteiger partial charge in [0.2, 0.25) is 0 Å². The van der Waals surface area contributed by atoms with E-state index in [1.165, 1.54) is 0 Å². The Morgan fingerprint density at radius 1 is 1.42 bits per heavy atom. The van der Waals surface area contributed by atoms with Crippen LogP contribution in [0.25, 0.3) is 0 Å². The third-order valence-electron chi connectivity index (χ3n) is 1.78. The predicted molar refractivity (Wildman–Crippen MR) is 48.7 cm³/mol. The van der Waals surface area contributed by atoms with Crippen molar-refractivity contribution in [1.29, 1.82) is 0 Å². The molecule has 0 bridgehead atoms. The van der Waals surface area contributed by atoms with Crippen LogP contribution in [0.15, 0.2) is 18.3 Å². The van der Waals surface area contributed by atoms with Gasteiger partial charge in [0.15, 0.2) is 0 Å². The second-order valence-corrected chi connectivity index (χ2v) is 2.73. The molecule has 0 spiro atoms. The summed E-state index contributed by atoms with van der Waals surface area (Å²) in [5.41, 5.74) is 6.70. The van der Waals surface area contributed by atoms with Crippen LogP contribution in [0.1, 0.15) is 18.4 Å². The molecule has 66 valence electrons. The van der Waals surface area contributed by atoms with Gasteiger partial charge in [-0.3, -0.25) is 0 Å². The lowest BCUT2D eigenvalue weighted by Crippen LogP contribution is -1.97. The van der Waals surface area contributed by atoms with Crippen molar-refractivity contribution >= 4 is 5.82 Å². The van der Waals surface area contributed by atoms with Crippen LogP contribution in [0, 0.1) is 0 Å². The van der Waals surface area contributed by atoms with Crippen molar-refractivity contribution < 1.29 is 5.11 Å². The van der Waals surface area contributed by atoms with Crippen molar-refractivity contribution in [2.45, 2.75) is 19.3 Å². The first-order chi connectivity index (χ1) is 5.84. The van der Waals surface area contributed by atoms with Crippen molar-refractivity contribution in [3.05, 3.63) is 23.9 Å². The molecule has 0 saturated carbocycles. The van der Waals surface area contributed by atoms with Gasteiger partial charge in [-0.2, -0.15) is 0 Å². The van der Waals surface area contributed by atoms with Crippen LogP contribution in [0.3, 0.4) is 0 Å². The van der Waals surface area contributed by atoms with E-state index in [4.69, 9.17) is 10.8 Å². The zero-order valence-corrected chi connectivity index (χ0v) is 7.03. The van der Waals surface area contributed by atoms with Crippen LogP contribution >= 0.6 is 0 Å². The van der Waals surface area contributed by atoms with Gasteiger partial charge >= 0.3 is 0 Å². The Balaban J connectivity index is 2.46. The Morgan fingerprint density at radius 2 is 2.25 bits per heavy atom. The molecular weight excluding hydrogens is 152 g/mol. The topological polar surface area (TPSA) is 59.1 Å². The number of pyridine rings is 1. The van der Waals surface area contributed by atoms with Crippen LogP contribution in [0.4, 0.5) is 5.82 Å². The van der Waals surface area contributed by atoms with E-state index in [0.717, 1.165) is 24.8 Å². The smallest absolute Gasteiger partial charge is 0.126 e. The van der Waals surface area contributed by atoms with Gasteiger partial charge in [-0.05, 0) is 30.9 Å².